The monoisotopic (exact) mass is 420 g/mol. The van der Waals surface area contributed by atoms with Crippen LogP contribution in [-0.2, 0) is 17.8 Å². The summed E-state index contributed by atoms with van der Waals surface area (Å²) >= 11 is 0. The molecule has 31 heavy (non-hydrogen) atoms. The molecule has 1 saturated heterocycles. The SMILES string of the molecule is Cc1cccc(CN2CCC(c3nc(C)c(CC(=O)NC4CCCCC4)c(C)n3)C2)c1. The van der Waals surface area contributed by atoms with E-state index >= 15 is 0 Å². The maximum atomic E-state index is 12.6. The third kappa shape index (κ3) is 5.70. The number of aryl methyl sites for hydroxylation is 3. The molecule has 2 fully saturated rings. The normalized spacial score (nSPS) is 20.2. The fourth-order valence-corrected chi connectivity index (χ4v) is 5.15. The molecule has 1 unspecified atom stereocenters. The average molecular weight is 421 g/mol. The van der Waals surface area contributed by atoms with Gasteiger partial charge in [-0.05, 0) is 52.1 Å². The van der Waals surface area contributed by atoms with Gasteiger partial charge in [-0.15, -0.1) is 0 Å². The van der Waals surface area contributed by atoms with E-state index in [1.165, 1.54) is 30.4 Å². The van der Waals surface area contributed by atoms with Crippen LogP contribution in [0, 0.1) is 20.8 Å². The van der Waals surface area contributed by atoms with E-state index < -0.39 is 0 Å². The quantitative estimate of drug-likeness (QED) is 0.753. The molecule has 1 saturated carbocycles. The van der Waals surface area contributed by atoms with Crippen molar-refractivity contribution in [3.8, 4) is 0 Å². The molecular formula is C26H36N4O. The predicted octanol–water partition coefficient (Wildman–Crippen LogP) is 4.38. The van der Waals surface area contributed by atoms with Gasteiger partial charge < -0.3 is 5.32 Å². The number of rotatable bonds is 6. The van der Waals surface area contributed by atoms with Crippen molar-refractivity contribution in [2.45, 2.75) is 84.2 Å². The molecule has 1 amide bonds. The summed E-state index contributed by atoms with van der Waals surface area (Å²) in [6.07, 6.45) is 7.44. The van der Waals surface area contributed by atoms with Crippen molar-refractivity contribution in [1.82, 2.24) is 20.2 Å². The Kier molecular flexibility index (Phi) is 7.01. The van der Waals surface area contributed by atoms with E-state index in [2.05, 4.69) is 41.4 Å². The smallest absolute Gasteiger partial charge is 0.224 e. The lowest BCUT2D eigenvalue weighted by Gasteiger charge is -2.23. The number of hydrogen-bond donors (Lipinski definition) is 1. The Balaban J connectivity index is 1.37. The second-order valence-corrected chi connectivity index (χ2v) is 9.52. The molecule has 166 valence electrons. The maximum absolute atomic E-state index is 12.6. The number of benzene rings is 1. The zero-order valence-corrected chi connectivity index (χ0v) is 19.3. The molecular weight excluding hydrogens is 384 g/mol. The molecule has 2 aromatic rings. The second-order valence-electron chi connectivity index (χ2n) is 9.52. The summed E-state index contributed by atoms with van der Waals surface area (Å²) in [5.74, 6) is 1.42. The van der Waals surface area contributed by atoms with Crippen LogP contribution in [0.25, 0.3) is 0 Å². The lowest BCUT2D eigenvalue weighted by molar-refractivity contribution is -0.121. The highest BCUT2D eigenvalue weighted by molar-refractivity contribution is 5.79. The molecule has 5 nitrogen and oxygen atoms in total. The van der Waals surface area contributed by atoms with Crippen LogP contribution in [0.4, 0.5) is 0 Å². The number of nitrogens with one attached hydrogen (secondary N) is 1. The van der Waals surface area contributed by atoms with Crippen LogP contribution < -0.4 is 5.32 Å². The first kappa shape index (κ1) is 21.9. The van der Waals surface area contributed by atoms with Gasteiger partial charge in [0.1, 0.15) is 5.82 Å². The van der Waals surface area contributed by atoms with Crippen LogP contribution in [0.1, 0.15) is 78.3 Å². The molecule has 1 aromatic carbocycles. The van der Waals surface area contributed by atoms with Gasteiger partial charge in [-0.25, -0.2) is 9.97 Å². The van der Waals surface area contributed by atoms with Gasteiger partial charge in [-0.1, -0.05) is 49.1 Å². The van der Waals surface area contributed by atoms with Gasteiger partial charge >= 0.3 is 0 Å². The summed E-state index contributed by atoms with van der Waals surface area (Å²) in [5.41, 5.74) is 5.59. The lowest BCUT2D eigenvalue weighted by Crippen LogP contribution is -2.37. The van der Waals surface area contributed by atoms with Gasteiger partial charge in [0.2, 0.25) is 5.91 Å². The van der Waals surface area contributed by atoms with E-state index in [1.807, 2.05) is 13.8 Å². The van der Waals surface area contributed by atoms with E-state index in [0.717, 1.165) is 61.7 Å². The standard InChI is InChI=1S/C26H36N4O/c1-18-8-7-9-21(14-18)16-30-13-12-22(17-30)26-27-19(2)24(20(3)28-26)15-25(31)29-23-10-5-4-6-11-23/h7-9,14,22-23H,4-6,10-13,15-17H2,1-3H3,(H,29,31). The zero-order valence-electron chi connectivity index (χ0n) is 19.3. The Morgan fingerprint density at radius 3 is 2.52 bits per heavy atom. The fraction of sp³-hybridized carbons (Fsp3) is 0.577. The number of nitrogens with zero attached hydrogens (tertiary/aromatic N) is 3. The predicted molar refractivity (Wildman–Crippen MR) is 124 cm³/mol. The van der Waals surface area contributed by atoms with Crippen molar-refractivity contribution in [2.75, 3.05) is 13.1 Å². The highest BCUT2D eigenvalue weighted by atomic mass is 16.1. The molecule has 0 spiro atoms. The molecule has 1 aliphatic carbocycles. The van der Waals surface area contributed by atoms with Gasteiger partial charge in [0.15, 0.2) is 0 Å². The first-order valence-electron chi connectivity index (χ1n) is 11.9. The molecule has 5 heteroatoms. The average Bonchev–Trinajstić information content (AvgIpc) is 3.20. The van der Waals surface area contributed by atoms with E-state index in [4.69, 9.17) is 9.97 Å². The van der Waals surface area contributed by atoms with Gasteiger partial charge in [0.05, 0.1) is 6.42 Å². The van der Waals surface area contributed by atoms with Crippen molar-refractivity contribution in [3.63, 3.8) is 0 Å². The van der Waals surface area contributed by atoms with Crippen LogP contribution >= 0.6 is 0 Å². The second kappa shape index (κ2) is 9.90. The first-order valence-corrected chi connectivity index (χ1v) is 11.9. The third-order valence-electron chi connectivity index (χ3n) is 6.87. The Morgan fingerprint density at radius 1 is 1.06 bits per heavy atom. The number of carbonyl (C=O) groups excluding carboxylic acids is 1. The fourth-order valence-electron chi connectivity index (χ4n) is 5.15. The van der Waals surface area contributed by atoms with Crippen LogP contribution in [0.2, 0.25) is 0 Å². The van der Waals surface area contributed by atoms with Crippen LogP contribution in [0.15, 0.2) is 24.3 Å². The summed E-state index contributed by atoms with van der Waals surface area (Å²) in [5, 5.41) is 3.22. The van der Waals surface area contributed by atoms with Crippen molar-refractivity contribution < 1.29 is 4.79 Å². The Labute approximate surface area is 186 Å². The zero-order chi connectivity index (χ0) is 21.8. The van der Waals surface area contributed by atoms with Crippen molar-refractivity contribution >= 4 is 5.91 Å². The summed E-state index contributed by atoms with van der Waals surface area (Å²) in [4.78, 5) is 24.8. The van der Waals surface area contributed by atoms with E-state index in [-0.39, 0.29) is 5.91 Å². The molecule has 1 atom stereocenters. The van der Waals surface area contributed by atoms with E-state index in [1.54, 1.807) is 0 Å². The van der Waals surface area contributed by atoms with Crippen molar-refractivity contribution in [3.05, 3.63) is 58.2 Å². The molecule has 2 aliphatic rings. The van der Waals surface area contributed by atoms with Gasteiger partial charge in [0.25, 0.3) is 0 Å². The van der Waals surface area contributed by atoms with Crippen molar-refractivity contribution in [1.29, 1.82) is 0 Å². The minimum Gasteiger partial charge on any atom is -0.353 e. The number of carbonyl (C=O) groups is 1. The molecule has 4 rings (SSSR count). The highest BCUT2D eigenvalue weighted by Crippen LogP contribution is 2.27. The number of hydrogen-bond acceptors (Lipinski definition) is 4. The first-order chi connectivity index (χ1) is 15.0. The molecule has 1 N–H and O–H groups in total. The Morgan fingerprint density at radius 2 is 1.81 bits per heavy atom. The highest BCUT2D eigenvalue weighted by Gasteiger charge is 2.27. The largest absolute Gasteiger partial charge is 0.353 e. The van der Waals surface area contributed by atoms with E-state index in [9.17, 15) is 4.79 Å². The Hall–Kier alpha value is -2.27. The topological polar surface area (TPSA) is 58.1 Å². The van der Waals surface area contributed by atoms with Gasteiger partial charge in [0, 0.05) is 42.0 Å². The van der Waals surface area contributed by atoms with Gasteiger partial charge in [-0.2, -0.15) is 0 Å². The molecule has 1 aliphatic heterocycles. The third-order valence-corrected chi connectivity index (χ3v) is 6.87. The summed E-state index contributed by atoms with van der Waals surface area (Å²) in [6.45, 7) is 9.25. The Bertz CT molecular complexity index is 896. The maximum Gasteiger partial charge on any atom is 0.224 e. The minimum atomic E-state index is 0.111. The van der Waals surface area contributed by atoms with Crippen LogP contribution in [0.5, 0.6) is 0 Å². The number of aromatic nitrogens is 2. The van der Waals surface area contributed by atoms with E-state index in [0.29, 0.717) is 18.4 Å². The van der Waals surface area contributed by atoms with Crippen LogP contribution in [0.3, 0.4) is 0 Å². The summed E-state index contributed by atoms with van der Waals surface area (Å²) in [7, 11) is 0. The van der Waals surface area contributed by atoms with Crippen LogP contribution in [-0.4, -0.2) is 39.9 Å². The van der Waals surface area contributed by atoms with Crippen molar-refractivity contribution in [2.24, 2.45) is 0 Å². The molecule has 1 aromatic heterocycles. The molecule has 2 heterocycles. The number of amides is 1. The summed E-state index contributed by atoms with van der Waals surface area (Å²) in [6, 6.07) is 9.10. The lowest BCUT2D eigenvalue weighted by atomic mass is 9.95. The minimum absolute atomic E-state index is 0.111. The molecule has 0 bridgehead atoms. The molecule has 0 radical (unpaired) electrons. The number of likely N-dealkylation sites (tertiary alicyclic amines) is 1. The van der Waals surface area contributed by atoms with Gasteiger partial charge in [-0.3, -0.25) is 9.69 Å². The summed E-state index contributed by atoms with van der Waals surface area (Å²) < 4.78 is 0.